The molecule has 1 aliphatic rings. The minimum atomic E-state index is 0.0296. The van der Waals surface area contributed by atoms with Gasteiger partial charge in [-0.1, -0.05) is 12.1 Å². The van der Waals surface area contributed by atoms with Gasteiger partial charge in [-0.25, -0.2) is 0 Å². The molecular formula is C17H16N2O2. The van der Waals surface area contributed by atoms with E-state index < -0.39 is 0 Å². The van der Waals surface area contributed by atoms with Crippen molar-refractivity contribution in [3.05, 3.63) is 53.6 Å². The molecule has 2 aromatic carbocycles. The molecule has 0 atom stereocenters. The molecule has 0 unspecified atom stereocenters. The first-order valence-corrected chi connectivity index (χ1v) is 6.77. The molecule has 1 heterocycles. The maximum atomic E-state index is 12.4. The maximum absolute atomic E-state index is 12.4. The van der Waals surface area contributed by atoms with Gasteiger partial charge in [-0.2, -0.15) is 0 Å². The number of aliphatic imine (C=N–C) groups is 1. The molecule has 4 nitrogen and oxygen atoms in total. The van der Waals surface area contributed by atoms with Gasteiger partial charge >= 0.3 is 0 Å². The first-order chi connectivity index (χ1) is 10.1. The number of nitrogens with zero attached hydrogens (tertiary/aromatic N) is 2. The number of fused-ring (bicyclic) bond motifs is 1. The number of phenolic OH excluding ortho intramolecular Hbond substituents is 1. The van der Waals surface area contributed by atoms with Gasteiger partial charge in [0.05, 0.1) is 17.8 Å². The molecule has 0 fully saturated rings. The number of phenols is 1. The predicted molar refractivity (Wildman–Crippen MR) is 84.0 cm³/mol. The fourth-order valence-corrected chi connectivity index (χ4v) is 2.43. The molecule has 0 aromatic heterocycles. The molecular weight excluding hydrogens is 264 g/mol. The molecule has 2 aromatic rings. The standard InChI is InChI=1S/C17H16N2O2/c1-19(2)11-7-8-14-13(9-11)17(21)10-15(18-14)12-5-3-4-6-16(12)20/h3-9,20H,10H2,1-2H3. The Balaban J connectivity index is 2.09. The van der Waals surface area contributed by atoms with Gasteiger partial charge in [0.25, 0.3) is 0 Å². The van der Waals surface area contributed by atoms with Gasteiger partial charge in [-0.3, -0.25) is 9.79 Å². The molecule has 4 heteroatoms. The van der Waals surface area contributed by atoms with E-state index in [1.165, 1.54) is 0 Å². The smallest absolute Gasteiger partial charge is 0.171 e. The molecule has 0 saturated carbocycles. The van der Waals surface area contributed by atoms with E-state index in [0.717, 1.165) is 5.69 Å². The zero-order valence-electron chi connectivity index (χ0n) is 12.0. The van der Waals surface area contributed by atoms with Gasteiger partial charge in [0.2, 0.25) is 0 Å². The normalized spacial score (nSPS) is 13.6. The van der Waals surface area contributed by atoms with Crippen LogP contribution in [-0.4, -0.2) is 30.7 Å². The van der Waals surface area contributed by atoms with Gasteiger partial charge in [0.15, 0.2) is 5.78 Å². The number of hydrogen-bond acceptors (Lipinski definition) is 4. The molecule has 106 valence electrons. The van der Waals surface area contributed by atoms with E-state index in [0.29, 0.717) is 22.5 Å². The molecule has 1 aliphatic heterocycles. The topological polar surface area (TPSA) is 52.9 Å². The first-order valence-electron chi connectivity index (χ1n) is 6.77. The Morgan fingerprint density at radius 3 is 2.57 bits per heavy atom. The average Bonchev–Trinajstić information content (AvgIpc) is 2.47. The van der Waals surface area contributed by atoms with Crippen molar-refractivity contribution in [1.29, 1.82) is 0 Å². The minimum Gasteiger partial charge on any atom is -0.507 e. The van der Waals surface area contributed by atoms with Crippen LogP contribution in [0.25, 0.3) is 0 Å². The fraction of sp³-hybridized carbons (Fsp3) is 0.176. The van der Waals surface area contributed by atoms with E-state index in [2.05, 4.69) is 4.99 Å². The van der Waals surface area contributed by atoms with Crippen LogP contribution in [0.5, 0.6) is 5.75 Å². The maximum Gasteiger partial charge on any atom is 0.171 e. The Kier molecular flexibility index (Phi) is 3.22. The average molecular weight is 280 g/mol. The van der Waals surface area contributed by atoms with Crippen LogP contribution in [0.2, 0.25) is 0 Å². The number of Topliss-reactive ketones (excluding diaryl/α,β-unsaturated/α-hetero) is 1. The van der Waals surface area contributed by atoms with Crippen molar-refractivity contribution >= 4 is 22.9 Å². The highest BCUT2D eigenvalue weighted by molar-refractivity contribution is 6.21. The summed E-state index contributed by atoms with van der Waals surface area (Å²) in [5, 5.41) is 9.92. The second-order valence-electron chi connectivity index (χ2n) is 5.27. The van der Waals surface area contributed by atoms with Crippen LogP contribution in [0.15, 0.2) is 47.5 Å². The Morgan fingerprint density at radius 2 is 1.86 bits per heavy atom. The van der Waals surface area contributed by atoms with E-state index >= 15 is 0 Å². The summed E-state index contributed by atoms with van der Waals surface area (Å²) in [4.78, 5) is 18.9. The Labute approximate surface area is 123 Å². The van der Waals surface area contributed by atoms with Crippen LogP contribution < -0.4 is 4.90 Å². The van der Waals surface area contributed by atoms with Crippen LogP contribution in [0.4, 0.5) is 11.4 Å². The van der Waals surface area contributed by atoms with Crippen molar-refractivity contribution in [3.63, 3.8) is 0 Å². The lowest BCUT2D eigenvalue weighted by molar-refractivity contribution is 0.1000. The van der Waals surface area contributed by atoms with Crippen LogP contribution in [0.3, 0.4) is 0 Å². The zero-order chi connectivity index (χ0) is 15.0. The molecule has 0 amide bonds. The molecule has 0 aliphatic carbocycles. The number of aromatic hydroxyl groups is 1. The molecule has 21 heavy (non-hydrogen) atoms. The fourth-order valence-electron chi connectivity index (χ4n) is 2.43. The van der Waals surface area contributed by atoms with Crippen molar-refractivity contribution in [2.45, 2.75) is 6.42 Å². The lowest BCUT2D eigenvalue weighted by atomic mass is 9.95. The van der Waals surface area contributed by atoms with E-state index in [9.17, 15) is 9.90 Å². The summed E-state index contributed by atoms with van der Waals surface area (Å²) in [5.41, 5.74) is 3.51. The van der Waals surface area contributed by atoms with Crippen molar-refractivity contribution in [2.24, 2.45) is 4.99 Å². The number of hydrogen-bond donors (Lipinski definition) is 1. The molecule has 3 rings (SSSR count). The lowest BCUT2D eigenvalue weighted by Gasteiger charge is -2.19. The molecule has 0 saturated heterocycles. The highest BCUT2D eigenvalue weighted by Crippen LogP contribution is 2.32. The zero-order valence-corrected chi connectivity index (χ0v) is 12.0. The summed E-state index contributed by atoms with van der Waals surface area (Å²) in [7, 11) is 3.87. The third-order valence-electron chi connectivity index (χ3n) is 3.60. The van der Waals surface area contributed by atoms with Gasteiger partial charge in [-0.15, -0.1) is 0 Å². The summed E-state index contributed by atoms with van der Waals surface area (Å²) in [6, 6.07) is 12.6. The summed E-state index contributed by atoms with van der Waals surface area (Å²) in [6.07, 6.45) is 0.210. The number of anilines is 1. The summed E-state index contributed by atoms with van der Waals surface area (Å²) in [5.74, 6) is 0.180. The molecule has 1 N–H and O–H groups in total. The highest BCUT2D eigenvalue weighted by Gasteiger charge is 2.22. The third kappa shape index (κ3) is 2.40. The summed E-state index contributed by atoms with van der Waals surface area (Å²) >= 11 is 0. The summed E-state index contributed by atoms with van der Waals surface area (Å²) in [6.45, 7) is 0. The van der Waals surface area contributed by atoms with E-state index in [4.69, 9.17) is 0 Å². The van der Waals surface area contributed by atoms with E-state index in [1.54, 1.807) is 18.2 Å². The minimum absolute atomic E-state index is 0.0296. The first kappa shape index (κ1) is 13.4. The van der Waals surface area contributed by atoms with E-state index in [-0.39, 0.29) is 18.0 Å². The Bertz CT molecular complexity index is 748. The van der Waals surface area contributed by atoms with Gasteiger partial charge < -0.3 is 10.0 Å². The van der Waals surface area contributed by atoms with Crippen molar-refractivity contribution in [3.8, 4) is 5.75 Å². The Morgan fingerprint density at radius 1 is 1.10 bits per heavy atom. The molecule has 0 spiro atoms. The van der Waals surface area contributed by atoms with Crippen LogP contribution in [-0.2, 0) is 0 Å². The van der Waals surface area contributed by atoms with Gasteiger partial charge in [-0.05, 0) is 30.3 Å². The van der Waals surface area contributed by atoms with Crippen molar-refractivity contribution in [1.82, 2.24) is 0 Å². The SMILES string of the molecule is CN(C)c1ccc2c(c1)C(=O)CC(c1ccccc1O)=N2. The second-order valence-corrected chi connectivity index (χ2v) is 5.27. The van der Waals surface area contributed by atoms with E-state index in [1.807, 2.05) is 43.3 Å². The number of carbonyl (C=O) groups excluding carboxylic acids is 1. The number of para-hydroxylation sites is 1. The van der Waals surface area contributed by atoms with Crippen molar-refractivity contribution in [2.75, 3.05) is 19.0 Å². The number of carbonyl (C=O) groups is 1. The van der Waals surface area contributed by atoms with Crippen LogP contribution >= 0.6 is 0 Å². The monoisotopic (exact) mass is 280 g/mol. The second kappa shape index (κ2) is 5.05. The Hall–Kier alpha value is -2.62. The summed E-state index contributed by atoms with van der Waals surface area (Å²) < 4.78 is 0. The highest BCUT2D eigenvalue weighted by atomic mass is 16.3. The predicted octanol–water partition coefficient (Wildman–Crippen LogP) is 3.17. The number of ketones is 1. The molecule has 0 bridgehead atoms. The quantitative estimate of drug-likeness (QED) is 0.919. The number of benzene rings is 2. The lowest BCUT2D eigenvalue weighted by Crippen LogP contribution is -2.16. The van der Waals surface area contributed by atoms with Crippen molar-refractivity contribution < 1.29 is 9.90 Å². The largest absolute Gasteiger partial charge is 0.507 e. The third-order valence-corrected chi connectivity index (χ3v) is 3.60. The van der Waals surface area contributed by atoms with Crippen LogP contribution in [0, 0.1) is 0 Å². The van der Waals surface area contributed by atoms with Gasteiger partial charge in [0.1, 0.15) is 5.75 Å². The molecule has 0 radical (unpaired) electrons. The number of rotatable bonds is 2. The van der Waals surface area contributed by atoms with Crippen LogP contribution in [0.1, 0.15) is 22.3 Å². The van der Waals surface area contributed by atoms with Gasteiger partial charge in [0, 0.05) is 30.9 Å².